The number of amides is 4. The lowest BCUT2D eigenvalue weighted by Crippen LogP contribution is -2.60. The Kier molecular flexibility index (Phi) is 8.98. The first-order chi connectivity index (χ1) is 27.9. The molecule has 4 aliphatic rings. The SMILES string of the molecule is COc1ccc(OC)c(C=Cc2ccc(N3C(=O)[C@H]4[C@H](CC=C5[C@H]4C[C@@]4(Cl)C(=O)N(c6ccc(F)cc6)C(=O)[C@@]4(Cl)[C@H]5c4ccc5ccccc5c4O)C3=O)cc2)c1. The number of carbonyl (C=O) groups excluding carboxylic acids is 4. The van der Waals surface area contributed by atoms with E-state index in [4.69, 9.17) is 32.7 Å². The second kappa shape index (κ2) is 13.9. The first kappa shape index (κ1) is 37.6. The molecule has 4 amide bonds. The molecule has 1 N–H and O–H groups in total. The molecule has 2 aliphatic heterocycles. The van der Waals surface area contributed by atoms with Crippen LogP contribution in [0.15, 0.2) is 115 Å². The zero-order valence-electron chi connectivity index (χ0n) is 31.2. The Morgan fingerprint density at radius 2 is 1.48 bits per heavy atom. The van der Waals surface area contributed by atoms with Crippen LogP contribution < -0.4 is 19.3 Å². The van der Waals surface area contributed by atoms with Gasteiger partial charge < -0.3 is 14.6 Å². The van der Waals surface area contributed by atoms with Gasteiger partial charge in [-0.1, -0.05) is 72.3 Å². The number of phenols is 1. The smallest absolute Gasteiger partial charge is 0.258 e. The number of allylic oxidation sites excluding steroid dienone is 2. The van der Waals surface area contributed by atoms with Crippen molar-refractivity contribution in [3.63, 3.8) is 0 Å². The van der Waals surface area contributed by atoms with E-state index in [0.717, 1.165) is 33.5 Å². The van der Waals surface area contributed by atoms with Gasteiger partial charge in [0, 0.05) is 22.4 Å². The van der Waals surface area contributed by atoms with Gasteiger partial charge in [-0.3, -0.25) is 24.1 Å². The number of alkyl halides is 2. The van der Waals surface area contributed by atoms with Gasteiger partial charge in [-0.25, -0.2) is 9.29 Å². The highest BCUT2D eigenvalue weighted by Crippen LogP contribution is 2.66. The first-order valence-corrected chi connectivity index (χ1v) is 19.5. The van der Waals surface area contributed by atoms with Crippen LogP contribution in [0.4, 0.5) is 15.8 Å². The number of hydrogen-bond acceptors (Lipinski definition) is 7. The highest BCUT2D eigenvalue weighted by molar-refractivity contribution is 6.58. The molecule has 3 fully saturated rings. The Morgan fingerprint density at radius 1 is 0.776 bits per heavy atom. The summed E-state index contributed by atoms with van der Waals surface area (Å²) in [5, 5.41) is 13.1. The van der Waals surface area contributed by atoms with Crippen LogP contribution in [0.1, 0.15) is 35.4 Å². The van der Waals surface area contributed by atoms with Crippen LogP contribution in [0.25, 0.3) is 22.9 Å². The van der Waals surface area contributed by atoms with E-state index in [1.54, 1.807) is 68.8 Å². The van der Waals surface area contributed by atoms with Crippen molar-refractivity contribution in [1.29, 1.82) is 0 Å². The Morgan fingerprint density at radius 3 is 2.21 bits per heavy atom. The van der Waals surface area contributed by atoms with E-state index in [-0.39, 0.29) is 29.8 Å². The fraction of sp³-hybridized carbons (Fsp3) is 0.217. The molecule has 0 bridgehead atoms. The van der Waals surface area contributed by atoms with Gasteiger partial charge in [0.1, 0.15) is 23.1 Å². The van der Waals surface area contributed by atoms with E-state index < -0.39 is 62.9 Å². The molecule has 1 saturated carbocycles. The quantitative estimate of drug-likeness (QED) is 0.0758. The number of fused-ring (bicyclic) bond motifs is 5. The van der Waals surface area contributed by atoms with Gasteiger partial charge in [0.05, 0.1) is 37.4 Å². The van der Waals surface area contributed by atoms with Gasteiger partial charge in [-0.15, -0.1) is 23.2 Å². The Balaban J connectivity index is 1.10. The minimum absolute atomic E-state index is 0.0707. The van der Waals surface area contributed by atoms with E-state index >= 15 is 0 Å². The second-order valence-electron chi connectivity index (χ2n) is 15.0. The van der Waals surface area contributed by atoms with Crippen LogP contribution in [0, 0.1) is 23.6 Å². The molecule has 9 nitrogen and oxygen atoms in total. The fourth-order valence-corrected chi connectivity index (χ4v) is 10.3. The number of benzene rings is 5. The predicted molar refractivity (Wildman–Crippen MR) is 220 cm³/mol. The predicted octanol–water partition coefficient (Wildman–Crippen LogP) is 8.64. The Labute approximate surface area is 342 Å². The molecule has 12 heteroatoms. The van der Waals surface area contributed by atoms with Crippen LogP contribution in [0.2, 0.25) is 0 Å². The highest BCUT2D eigenvalue weighted by atomic mass is 35.5. The van der Waals surface area contributed by atoms with Crippen molar-refractivity contribution in [2.75, 3.05) is 24.0 Å². The molecule has 0 radical (unpaired) electrons. The topological polar surface area (TPSA) is 113 Å². The summed E-state index contributed by atoms with van der Waals surface area (Å²) in [6.07, 6.45) is 5.48. The molecule has 0 unspecified atom stereocenters. The number of anilines is 2. The molecule has 0 spiro atoms. The molecule has 0 aromatic heterocycles. The van der Waals surface area contributed by atoms with Gasteiger partial charge in [0.25, 0.3) is 11.8 Å². The molecule has 2 saturated heterocycles. The van der Waals surface area contributed by atoms with E-state index in [9.17, 15) is 28.7 Å². The number of imide groups is 2. The minimum Gasteiger partial charge on any atom is -0.507 e. The van der Waals surface area contributed by atoms with Crippen molar-refractivity contribution in [1.82, 2.24) is 0 Å². The maximum absolute atomic E-state index is 14.7. The minimum atomic E-state index is -2.18. The maximum atomic E-state index is 14.7. The lowest BCUT2D eigenvalue weighted by molar-refractivity contribution is -0.125. The summed E-state index contributed by atoms with van der Waals surface area (Å²) in [4.78, 5) is 56.0. The molecule has 2 aliphatic carbocycles. The molecule has 6 atom stereocenters. The van der Waals surface area contributed by atoms with Gasteiger partial charge in [0.2, 0.25) is 11.8 Å². The summed E-state index contributed by atoms with van der Waals surface area (Å²) in [5.41, 5.74) is 2.84. The average Bonchev–Trinajstić information content (AvgIpc) is 3.58. The third-order valence-electron chi connectivity index (χ3n) is 12.2. The number of halogens is 3. The van der Waals surface area contributed by atoms with Crippen LogP contribution in [0.3, 0.4) is 0 Å². The number of nitrogens with zero attached hydrogens (tertiary/aromatic N) is 2. The van der Waals surface area contributed by atoms with Crippen molar-refractivity contribution in [2.45, 2.75) is 28.5 Å². The zero-order valence-corrected chi connectivity index (χ0v) is 32.7. The normalized spacial score (nSPS) is 26.5. The lowest BCUT2D eigenvalue weighted by Gasteiger charge is -2.50. The van der Waals surface area contributed by atoms with E-state index in [0.29, 0.717) is 28.1 Å². The summed E-state index contributed by atoms with van der Waals surface area (Å²) < 4.78 is 24.9. The Bertz CT molecular complexity index is 2630. The number of rotatable bonds is 7. The van der Waals surface area contributed by atoms with Crippen molar-refractivity contribution >= 4 is 81.1 Å². The summed E-state index contributed by atoms with van der Waals surface area (Å²) in [5.74, 6) is -5.66. The summed E-state index contributed by atoms with van der Waals surface area (Å²) in [6, 6.07) is 27.9. The lowest BCUT2D eigenvalue weighted by atomic mass is 9.56. The summed E-state index contributed by atoms with van der Waals surface area (Å²) in [7, 11) is 3.17. The van der Waals surface area contributed by atoms with Gasteiger partial charge >= 0.3 is 0 Å². The van der Waals surface area contributed by atoms with Crippen LogP contribution in [-0.2, 0) is 19.2 Å². The largest absolute Gasteiger partial charge is 0.507 e. The van der Waals surface area contributed by atoms with Crippen LogP contribution >= 0.6 is 23.2 Å². The number of phenolic OH excluding ortho intramolecular Hbond substituents is 1. The second-order valence-corrected chi connectivity index (χ2v) is 16.3. The molecule has 5 aromatic rings. The Hall–Kier alpha value is -5.97. The maximum Gasteiger partial charge on any atom is 0.258 e. The molecule has 9 rings (SSSR count). The van der Waals surface area contributed by atoms with Crippen LogP contribution in [-0.4, -0.2) is 52.7 Å². The molecule has 292 valence electrons. The summed E-state index contributed by atoms with van der Waals surface area (Å²) >= 11 is 15.0. The fourth-order valence-electron chi connectivity index (χ4n) is 9.39. The number of ether oxygens (including phenoxy) is 2. The standard InChI is InChI=1S/C46H35Cl2FN2O7/c1-57-31-18-22-37(58-2)27(23-31)10-7-25-8-14-29(15-9-25)50-41(53)34-21-20-33-36(38(34)42(50)54)24-45(47)43(55)51(30-16-12-28(49)13-17-30)44(56)46(45,48)39(33)35-19-11-26-5-3-4-6-32(26)40(35)52/h3-20,22-23,34,36,38-39,52H,21,24H2,1-2H3/t34-,36+,38-,39+,45+,46-/m0/s1. The van der Waals surface area contributed by atoms with E-state index in [1.807, 2.05) is 42.5 Å². The molecular formula is C46H35Cl2FN2O7. The van der Waals surface area contributed by atoms with Gasteiger partial charge in [0.15, 0.2) is 9.75 Å². The summed E-state index contributed by atoms with van der Waals surface area (Å²) in [6.45, 7) is 0. The van der Waals surface area contributed by atoms with Gasteiger partial charge in [-0.2, -0.15) is 0 Å². The van der Waals surface area contributed by atoms with E-state index in [1.165, 1.54) is 17.0 Å². The van der Waals surface area contributed by atoms with Crippen molar-refractivity contribution in [3.05, 3.63) is 137 Å². The monoisotopic (exact) mass is 816 g/mol. The van der Waals surface area contributed by atoms with E-state index in [2.05, 4.69) is 0 Å². The van der Waals surface area contributed by atoms with Crippen molar-refractivity contribution in [2.24, 2.45) is 17.8 Å². The van der Waals surface area contributed by atoms with Crippen molar-refractivity contribution < 1.29 is 38.1 Å². The molecule has 2 heterocycles. The zero-order chi connectivity index (χ0) is 40.7. The molecule has 58 heavy (non-hydrogen) atoms. The van der Waals surface area contributed by atoms with Gasteiger partial charge in [-0.05, 0) is 84.3 Å². The highest BCUT2D eigenvalue weighted by Gasteiger charge is 2.77. The molecule has 5 aromatic carbocycles. The number of aromatic hydroxyl groups is 1. The first-order valence-electron chi connectivity index (χ1n) is 18.7. The molecular weight excluding hydrogens is 782 g/mol. The third-order valence-corrected chi connectivity index (χ3v) is 13.6. The number of methoxy groups -OCH3 is 2. The number of hydrogen-bond donors (Lipinski definition) is 1. The van der Waals surface area contributed by atoms with Crippen molar-refractivity contribution in [3.8, 4) is 17.2 Å². The number of carbonyl (C=O) groups is 4. The third kappa shape index (κ3) is 5.42. The van der Waals surface area contributed by atoms with Crippen LogP contribution in [0.5, 0.6) is 17.2 Å². The average molecular weight is 818 g/mol.